The van der Waals surface area contributed by atoms with Crippen molar-refractivity contribution < 1.29 is 0 Å². The van der Waals surface area contributed by atoms with E-state index in [1.165, 1.54) is 50.0 Å². The Morgan fingerprint density at radius 2 is 2.25 bits per heavy atom. The van der Waals surface area contributed by atoms with Crippen LogP contribution in [0.15, 0.2) is 6.07 Å². The first-order chi connectivity index (χ1) is 9.66. The molecule has 1 heterocycles. The van der Waals surface area contributed by atoms with Crippen LogP contribution in [0.4, 0.5) is 0 Å². The van der Waals surface area contributed by atoms with Crippen molar-refractivity contribution >= 4 is 0 Å². The van der Waals surface area contributed by atoms with Gasteiger partial charge < -0.3 is 5.32 Å². The summed E-state index contributed by atoms with van der Waals surface area (Å²) in [5.74, 6) is 1.94. The van der Waals surface area contributed by atoms with Crippen molar-refractivity contribution in [1.82, 2.24) is 15.1 Å². The predicted octanol–water partition coefficient (Wildman–Crippen LogP) is 3.17. The molecular weight excluding hydrogens is 246 g/mol. The lowest BCUT2D eigenvalue weighted by Gasteiger charge is -2.38. The molecule has 0 aromatic carbocycles. The van der Waals surface area contributed by atoms with Gasteiger partial charge in [-0.05, 0) is 69.4 Å². The fraction of sp³-hybridized carbons (Fsp3) is 0.824. The van der Waals surface area contributed by atoms with Crippen molar-refractivity contribution in [3.63, 3.8) is 0 Å². The third kappa shape index (κ3) is 2.41. The molecule has 1 aromatic heterocycles. The molecule has 3 nitrogen and oxygen atoms in total. The Morgan fingerprint density at radius 1 is 1.40 bits per heavy atom. The van der Waals surface area contributed by atoms with Crippen molar-refractivity contribution in [1.29, 1.82) is 0 Å². The van der Waals surface area contributed by atoms with E-state index in [1.54, 1.807) is 0 Å². The fourth-order valence-electron chi connectivity index (χ4n) is 4.80. The monoisotopic (exact) mass is 275 g/mol. The minimum Gasteiger partial charge on any atom is -0.316 e. The van der Waals surface area contributed by atoms with Crippen LogP contribution in [0.1, 0.15) is 50.9 Å². The predicted molar refractivity (Wildman–Crippen MR) is 82.8 cm³/mol. The molecule has 2 aliphatic rings. The molecule has 3 unspecified atom stereocenters. The second-order valence-corrected chi connectivity index (χ2v) is 6.99. The fourth-order valence-corrected chi connectivity index (χ4v) is 4.80. The van der Waals surface area contributed by atoms with Crippen LogP contribution >= 0.6 is 0 Å². The Kier molecular flexibility index (Phi) is 3.89. The van der Waals surface area contributed by atoms with Gasteiger partial charge in [-0.3, -0.25) is 4.68 Å². The highest BCUT2D eigenvalue weighted by atomic mass is 15.3. The van der Waals surface area contributed by atoms with Gasteiger partial charge in [-0.15, -0.1) is 0 Å². The maximum atomic E-state index is 4.64. The SMILES string of the molecule is CCNCC1(Cc2cc(C)nn2CC)CC2CCC1C2. The van der Waals surface area contributed by atoms with Crippen molar-refractivity contribution in [2.24, 2.45) is 17.3 Å². The zero-order valence-corrected chi connectivity index (χ0v) is 13.3. The molecule has 0 radical (unpaired) electrons. The van der Waals surface area contributed by atoms with Crippen LogP contribution in [-0.4, -0.2) is 22.9 Å². The zero-order chi connectivity index (χ0) is 14.2. The Balaban J connectivity index is 1.83. The molecule has 0 spiro atoms. The minimum atomic E-state index is 0.498. The third-order valence-corrected chi connectivity index (χ3v) is 5.65. The summed E-state index contributed by atoms with van der Waals surface area (Å²) in [4.78, 5) is 0. The number of aromatic nitrogens is 2. The molecule has 2 aliphatic carbocycles. The van der Waals surface area contributed by atoms with Gasteiger partial charge in [-0.25, -0.2) is 0 Å². The molecule has 0 aliphatic heterocycles. The number of hydrogen-bond donors (Lipinski definition) is 1. The molecule has 112 valence electrons. The summed E-state index contributed by atoms with van der Waals surface area (Å²) >= 11 is 0. The number of hydrogen-bond acceptors (Lipinski definition) is 2. The smallest absolute Gasteiger partial charge is 0.0596 e. The van der Waals surface area contributed by atoms with E-state index in [4.69, 9.17) is 0 Å². The van der Waals surface area contributed by atoms with Crippen LogP contribution in [0, 0.1) is 24.2 Å². The lowest BCUT2D eigenvalue weighted by molar-refractivity contribution is 0.153. The van der Waals surface area contributed by atoms with Gasteiger partial charge in [0.1, 0.15) is 0 Å². The van der Waals surface area contributed by atoms with Gasteiger partial charge >= 0.3 is 0 Å². The Hall–Kier alpha value is -0.830. The maximum absolute atomic E-state index is 4.64. The van der Waals surface area contributed by atoms with Gasteiger partial charge in [0.2, 0.25) is 0 Å². The van der Waals surface area contributed by atoms with Crippen LogP contribution in [0.3, 0.4) is 0 Å². The second kappa shape index (κ2) is 5.51. The van der Waals surface area contributed by atoms with E-state index in [0.29, 0.717) is 5.41 Å². The van der Waals surface area contributed by atoms with Crippen LogP contribution < -0.4 is 5.32 Å². The summed E-state index contributed by atoms with van der Waals surface area (Å²) in [7, 11) is 0. The minimum absolute atomic E-state index is 0.498. The molecule has 3 heteroatoms. The van der Waals surface area contributed by atoms with Crippen molar-refractivity contribution in [2.45, 2.75) is 59.4 Å². The lowest BCUT2D eigenvalue weighted by Crippen LogP contribution is -2.41. The summed E-state index contributed by atoms with van der Waals surface area (Å²) in [5.41, 5.74) is 3.12. The van der Waals surface area contributed by atoms with Crippen molar-refractivity contribution in [2.75, 3.05) is 13.1 Å². The molecule has 1 aromatic rings. The number of fused-ring (bicyclic) bond motifs is 2. The number of rotatable bonds is 6. The second-order valence-electron chi connectivity index (χ2n) is 6.99. The maximum Gasteiger partial charge on any atom is 0.0596 e. The molecule has 1 N–H and O–H groups in total. The van der Waals surface area contributed by atoms with E-state index in [2.05, 4.69) is 41.9 Å². The zero-order valence-electron chi connectivity index (χ0n) is 13.3. The quantitative estimate of drug-likeness (QED) is 0.864. The molecule has 2 bridgehead atoms. The van der Waals surface area contributed by atoms with Crippen LogP contribution in [0.25, 0.3) is 0 Å². The standard InChI is InChI=1S/C17H29N3/c1-4-18-12-17(10-14-6-7-15(17)9-14)11-16-8-13(3)19-20(16)5-2/h8,14-15,18H,4-7,9-12H2,1-3H3. The molecular formula is C17H29N3. The van der Waals surface area contributed by atoms with Crippen LogP contribution in [0.5, 0.6) is 0 Å². The summed E-state index contributed by atoms with van der Waals surface area (Å²) < 4.78 is 2.22. The summed E-state index contributed by atoms with van der Waals surface area (Å²) in [6.07, 6.45) is 7.05. The first-order valence-corrected chi connectivity index (χ1v) is 8.41. The van der Waals surface area contributed by atoms with E-state index in [0.717, 1.165) is 24.9 Å². The number of nitrogens with zero attached hydrogens (tertiary/aromatic N) is 2. The summed E-state index contributed by atoms with van der Waals surface area (Å²) in [6, 6.07) is 2.31. The van der Waals surface area contributed by atoms with Gasteiger partial charge in [0.05, 0.1) is 5.69 Å². The molecule has 20 heavy (non-hydrogen) atoms. The van der Waals surface area contributed by atoms with E-state index in [9.17, 15) is 0 Å². The normalized spacial score (nSPS) is 32.1. The average molecular weight is 275 g/mol. The molecule has 3 rings (SSSR count). The number of aryl methyl sites for hydroxylation is 2. The average Bonchev–Trinajstić information content (AvgIpc) is 3.11. The summed E-state index contributed by atoms with van der Waals surface area (Å²) in [5, 5.41) is 8.29. The molecule has 2 saturated carbocycles. The van der Waals surface area contributed by atoms with Crippen LogP contribution in [0.2, 0.25) is 0 Å². The Bertz CT molecular complexity index is 465. The first-order valence-electron chi connectivity index (χ1n) is 8.41. The van der Waals surface area contributed by atoms with E-state index >= 15 is 0 Å². The topological polar surface area (TPSA) is 29.9 Å². The largest absolute Gasteiger partial charge is 0.316 e. The van der Waals surface area contributed by atoms with Gasteiger partial charge in [-0.2, -0.15) is 5.10 Å². The Morgan fingerprint density at radius 3 is 2.85 bits per heavy atom. The van der Waals surface area contributed by atoms with Crippen molar-refractivity contribution in [3.05, 3.63) is 17.5 Å². The first kappa shape index (κ1) is 14.1. The van der Waals surface area contributed by atoms with Gasteiger partial charge in [0.15, 0.2) is 0 Å². The molecule has 0 saturated heterocycles. The third-order valence-electron chi connectivity index (χ3n) is 5.65. The highest BCUT2D eigenvalue weighted by molar-refractivity contribution is 5.15. The molecule has 3 atom stereocenters. The van der Waals surface area contributed by atoms with E-state index < -0.39 is 0 Å². The summed E-state index contributed by atoms with van der Waals surface area (Å²) in [6.45, 7) is 9.82. The lowest BCUT2D eigenvalue weighted by atomic mass is 9.70. The van der Waals surface area contributed by atoms with Gasteiger partial charge in [0, 0.05) is 18.8 Å². The van der Waals surface area contributed by atoms with Gasteiger partial charge in [-0.1, -0.05) is 13.3 Å². The van der Waals surface area contributed by atoms with Crippen LogP contribution in [-0.2, 0) is 13.0 Å². The van der Waals surface area contributed by atoms with E-state index in [1.807, 2.05) is 0 Å². The highest BCUT2D eigenvalue weighted by Crippen LogP contribution is 2.57. The molecule has 2 fully saturated rings. The van der Waals surface area contributed by atoms with E-state index in [-0.39, 0.29) is 0 Å². The Labute approximate surface area is 123 Å². The highest BCUT2D eigenvalue weighted by Gasteiger charge is 2.50. The van der Waals surface area contributed by atoms with Gasteiger partial charge in [0.25, 0.3) is 0 Å². The molecule has 0 amide bonds. The number of nitrogens with one attached hydrogen (secondary N) is 1. The van der Waals surface area contributed by atoms with Crippen molar-refractivity contribution in [3.8, 4) is 0 Å².